The van der Waals surface area contributed by atoms with E-state index in [2.05, 4.69) is 68.1 Å². The number of ether oxygens (including phenoxy) is 2. The van der Waals surface area contributed by atoms with Crippen molar-refractivity contribution in [2.75, 3.05) is 46.0 Å². The van der Waals surface area contributed by atoms with E-state index in [4.69, 9.17) is 20.2 Å². The van der Waals surface area contributed by atoms with Gasteiger partial charge in [-0.25, -0.2) is 0 Å². The summed E-state index contributed by atoms with van der Waals surface area (Å²) in [6.45, 7) is 5.77. The van der Waals surface area contributed by atoms with E-state index in [-0.39, 0.29) is 0 Å². The van der Waals surface area contributed by atoms with Crippen molar-refractivity contribution in [1.29, 1.82) is 0 Å². The molecule has 2 aliphatic rings. The molecule has 2 aromatic carbocycles. The van der Waals surface area contributed by atoms with E-state index in [9.17, 15) is 0 Å². The van der Waals surface area contributed by atoms with Gasteiger partial charge < -0.3 is 35.8 Å². The Labute approximate surface area is 222 Å². The average molecular weight is 514 g/mol. The number of guanidine groups is 1. The number of aliphatic imine (C=N–C) groups is 1. The van der Waals surface area contributed by atoms with Gasteiger partial charge in [-0.2, -0.15) is 0 Å². The van der Waals surface area contributed by atoms with Crippen molar-refractivity contribution >= 4 is 27.8 Å². The number of hydrogen-bond acceptors (Lipinski definition) is 5. The average Bonchev–Trinajstić information content (AvgIpc) is 3.56. The Morgan fingerprint density at radius 1 is 1.05 bits per heavy atom. The zero-order valence-electron chi connectivity index (χ0n) is 21.5. The highest BCUT2D eigenvalue weighted by molar-refractivity contribution is 5.85. The minimum Gasteiger partial charge on any atom is -0.492 e. The van der Waals surface area contributed by atoms with Crippen molar-refractivity contribution in [3.8, 4) is 5.75 Å². The SMILES string of the molecule is NC1(Cc2ccc3[nH]ccc3c2)C=CNC(=NCCc2c[nH]c3ccc(OCCN4CCOCC4)cc23)N1. The van der Waals surface area contributed by atoms with Crippen LogP contribution in [0.25, 0.3) is 21.8 Å². The Hall–Kier alpha value is -3.79. The molecule has 0 spiro atoms. The van der Waals surface area contributed by atoms with Gasteiger partial charge in [0.2, 0.25) is 0 Å². The quantitative estimate of drug-likeness (QED) is 0.235. The summed E-state index contributed by atoms with van der Waals surface area (Å²) in [5, 5.41) is 8.93. The first-order valence-electron chi connectivity index (χ1n) is 13.3. The van der Waals surface area contributed by atoms with Crippen LogP contribution in [-0.4, -0.2) is 72.5 Å². The van der Waals surface area contributed by atoms with Crippen LogP contribution in [0.1, 0.15) is 11.1 Å². The number of aromatic nitrogens is 2. The third kappa shape index (κ3) is 5.70. The lowest BCUT2D eigenvalue weighted by atomic mass is 9.98. The standard InChI is InChI=1S/C29H35N7O2/c30-29(19-21-1-3-26-22(17-21)5-8-31-26)7-10-33-28(35-29)32-9-6-23-20-34-27-4-2-24(18-25(23)27)38-16-13-36-11-14-37-15-12-36/h1-5,7-8,10,17-18,20,31,34H,6,9,11-16,19,30H2,(H2,32,33,35). The topological polar surface area (TPSA) is 116 Å². The number of rotatable bonds is 9. The molecular formula is C29H35N7O2. The molecule has 0 bridgehead atoms. The summed E-state index contributed by atoms with van der Waals surface area (Å²) in [6.07, 6.45) is 9.30. The predicted molar refractivity (Wildman–Crippen MR) is 151 cm³/mol. The fourth-order valence-electron chi connectivity index (χ4n) is 5.17. The molecule has 2 aliphatic heterocycles. The molecule has 1 fully saturated rings. The fraction of sp³-hybridized carbons (Fsp3) is 0.345. The van der Waals surface area contributed by atoms with Crippen LogP contribution < -0.4 is 21.1 Å². The zero-order valence-corrected chi connectivity index (χ0v) is 21.5. The Kier molecular flexibility index (Phi) is 7.04. The molecule has 0 amide bonds. The first-order chi connectivity index (χ1) is 18.6. The Morgan fingerprint density at radius 2 is 1.95 bits per heavy atom. The molecule has 1 atom stereocenters. The van der Waals surface area contributed by atoms with Gasteiger partial charge in [0.25, 0.3) is 0 Å². The van der Waals surface area contributed by atoms with Crippen LogP contribution >= 0.6 is 0 Å². The predicted octanol–water partition coefficient (Wildman–Crippen LogP) is 2.86. The zero-order chi connectivity index (χ0) is 25.8. The minimum absolute atomic E-state index is 0.629. The molecule has 6 N–H and O–H groups in total. The second kappa shape index (κ2) is 10.9. The van der Waals surface area contributed by atoms with E-state index in [1.807, 2.05) is 24.5 Å². The second-order valence-electron chi connectivity index (χ2n) is 10.0. The van der Waals surface area contributed by atoms with Crippen molar-refractivity contribution in [3.05, 3.63) is 78.3 Å². The largest absolute Gasteiger partial charge is 0.492 e. The van der Waals surface area contributed by atoms with E-state index < -0.39 is 5.66 Å². The monoisotopic (exact) mass is 513 g/mol. The number of nitrogens with two attached hydrogens (primary N) is 1. The lowest BCUT2D eigenvalue weighted by Crippen LogP contribution is -2.61. The highest BCUT2D eigenvalue weighted by atomic mass is 16.5. The van der Waals surface area contributed by atoms with Gasteiger partial charge in [0.15, 0.2) is 5.96 Å². The van der Waals surface area contributed by atoms with Gasteiger partial charge in [-0.05, 0) is 65.4 Å². The third-order valence-corrected chi connectivity index (χ3v) is 7.24. The second-order valence-corrected chi connectivity index (χ2v) is 10.0. The van der Waals surface area contributed by atoms with E-state index in [1.165, 1.54) is 21.9 Å². The van der Waals surface area contributed by atoms with Gasteiger partial charge in [0.05, 0.1) is 13.2 Å². The lowest BCUT2D eigenvalue weighted by molar-refractivity contribution is 0.0322. The summed E-state index contributed by atoms with van der Waals surface area (Å²) < 4.78 is 11.5. The van der Waals surface area contributed by atoms with Crippen molar-refractivity contribution in [3.63, 3.8) is 0 Å². The number of morpholine rings is 1. The molecule has 0 aliphatic carbocycles. The van der Waals surface area contributed by atoms with E-state index in [0.29, 0.717) is 25.5 Å². The van der Waals surface area contributed by atoms with Crippen LogP contribution in [0.2, 0.25) is 0 Å². The highest BCUT2D eigenvalue weighted by Gasteiger charge is 2.26. The van der Waals surface area contributed by atoms with Crippen molar-refractivity contribution in [2.45, 2.75) is 18.5 Å². The van der Waals surface area contributed by atoms with E-state index in [1.54, 1.807) is 0 Å². The maximum Gasteiger partial charge on any atom is 0.197 e. The van der Waals surface area contributed by atoms with Crippen LogP contribution in [0.3, 0.4) is 0 Å². The van der Waals surface area contributed by atoms with E-state index >= 15 is 0 Å². The molecule has 6 rings (SSSR count). The molecule has 38 heavy (non-hydrogen) atoms. The van der Waals surface area contributed by atoms with Crippen LogP contribution in [0.5, 0.6) is 5.75 Å². The molecule has 4 heterocycles. The maximum absolute atomic E-state index is 6.69. The number of H-pyrrole nitrogens is 2. The highest BCUT2D eigenvalue weighted by Crippen LogP contribution is 2.24. The first kappa shape index (κ1) is 24.5. The molecule has 0 radical (unpaired) electrons. The van der Waals surface area contributed by atoms with Crippen molar-refractivity contribution < 1.29 is 9.47 Å². The summed E-state index contributed by atoms with van der Waals surface area (Å²) in [5.41, 5.74) is 10.6. The normalized spacial score (nSPS) is 21.1. The van der Waals surface area contributed by atoms with Gasteiger partial charge in [0.1, 0.15) is 18.0 Å². The van der Waals surface area contributed by atoms with Crippen molar-refractivity contribution in [2.24, 2.45) is 10.7 Å². The van der Waals surface area contributed by atoms with Crippen LogP contribution in [0, 0.1) is 0 Å². The third-order valence-electron chi connectivity index (χ3n) is 7.24. The summed E-state index contributed by atoms with van der Waals surface area (Å²) in [7, 11) is 0. The minimum atomic E-state index is -0.706. The number of hydrogen-bond donors (Lipinski definition) is 5. The summed E-state index contributed by atoms with van der Waals surface area (Å²) in [6, 6.07) is 14.7. The van der Waals surface area contributed by atoms with Crippen LogP contribution in [0.4, 0.5) is 0 Å². The van der Waals surface area contributed by atoms with Crippen LogP contribution in [0.15, 0.2) is 72.1 Å². The van der Waals surface area contributed by atoms with E-state index in [0.717, 1.165) is 56.1 Å². The number of aromatic amines is 2. The molecule has 4 aromatic rings. The maximum atomic E-state index is 6.69. The van der Waals surface area contributed by atoms with Crippen molar-refractivity contribution in [1.82, 2.24) is 25.5 Å². The summed E-state index contributed by atoms with van der Waals surface area (Å²) in [5.74, 6) is 1.58. The van der Waals surface area contributed by atoms with Gasteiger partial charge in [-0.15, -0.1) is 0 Å². The fourth-order valence-corrected chi connectivity index (χ4v) is 5.17. The molecular weight excluding hydrogens is 478 g/mol. The van der Waals surface area contributed by atoms with Gasteiger partial charge in [-0.1, -0.05) is 6.07 Å². The van der Waals surface area contributed by atoms with Crippen LogP contribution in [-0.2, 0) is 17.6 Å². The number of nitrogens with zero attached hydrogens (tertiary/aromatic N) is 2. The summed E-state index contributed by atoms with van der Waals surface area (Å²) in [4.78, 5) is 13.7. The molecule has 1 saturated heterocycles. The molecule has 0 saturated carbocycles. The smallest absolute Gasteiger partial charge is 0.197 e. The Morgan fingerprint density at radius 3 is 2.87 bits per heavy atom. The van der Waals surface area contributed by atoms with Gasteiger partial charge in [-0.3, -0.25) is 9.89 Å². The molecule has 9 nitrogen and oxygen atoms in total. The molecule has 9 heteroatoms. The first-order valence-corrected chi connectivity index (χ1v) is 13.3. The summed E-state index contributed by atoms with van der Waals surface area (Å²) >= 11 is 0. The lowest BCUT2D eigenvalue weighted by Gasteiger charge is -2.32. The Balaban J connectivity index is 1.05. The molecule has 198 valence electrons. The van der Waals surface area contributed by atoms with Gasteiger partial charge >= 0.3 is 0 Å². The Bertz CT molecular complexity index is 1450. The van der Waals surface area contributed by atoms with Gasteiger partial charge in [0, 0.05) is 67.6 Å². The molecule has 2 aromatic heterocycles. The number of benzene rings is 2. The number of nitrogens with one attached hydrogen (secondary N) is 4. The number of fused-ring (bicyclic) bond motifs is 2. The molecule has 1 unspecified atom stereocenters.